The van der Waals surface area contributed by atoms with E-state index in [1.807, 2.05) is 39.0 Å². The lowest BCUT2D eigenvalue weighted by atomic mass is 10.1. The van der Waals surface area contributed by atoms with Gasteiger partial charge < -0.3 is 20.1 Å². The largest absolute Gasteiger partial charge is 0.457 e. The zero-order valence-corrected chi connectivity index (χ0v) is 21.1. The van der Waals surface area contributed by atoms with Gasteiger partial charge in [-0.2, -0.15) is 5.10 Å². The van der Waals surface area contributed by atoms with Crippen molar-refractivity contribution in [3.63, 3.8) is 0 Å². The Morgan fingerprint density at radius 3 is 2.65 bits per heavy atom. The molecule has 37 heavy (non-hydrogen) atoms. The first-order valence-corrected chi connectivity index (χ1v) is 12.3. The summed E-state index contributed by atoms with van der Waals surface area (Å²) in [5.41, 5.74) is 7.08. The Hall–Kier alpha value is -4.14. The summed E-state index contributed by atoms with van der Waals surface area (Å²) in [5, 5.41) is 5.33. The number of fused-ring (bicyclic) bond motifs is 1. The van der Waals surface area contributed by atoms with Crippen molar-refractivity contribution < 1.29 is 18.7 Å². The molecule has 8 nitrogen and oxygen atoms in total. The average molecular weight is 504 g/mol. The number of carbonyl (C=O) groups is 1. The molecule has 0 unspecified atom stereocenters. The van der Waals surface area contributed by atoms with E-state index in [1.54, 1.807) is 46.1 Å². The minimum absolute atomic E-state index is 0.105. The minimum Gasteiger partial charge on any atom is -0.457 e. The van der Waals surface area contributed by atoms with Crippen LogP contribution in [0.2, 0.25) is 0 Å². The molecule has 1 amide bonds. The van der Waals surface area contributed by atoms with E-state index < -0.39 is 11.4 Å². The number of aromatic nitrogens is 3. The van der Waals surface area contributed by atoms with Crippen LogP contribution in [0.25, 0.3) is 22.2 Å². The molecule has 192 valence electrons. The highest BCUT2D eigenvalue weighted by Crippen LogP contribution is 2.35. The fourth-order valence-corrected chi connectivity index (χ4v) is 4.64. The normalized spacial score (nSPS) is 15.8. The number of carbonyl (C=O) groups excluding carboxylic acids is 1. The van der Waals surface area contributed by atoms with Crippen molar-refractivity contribution in [2.24, 2.45) is 0 Å². The highest BCUT2D eigenvalue weighted by molar-refractivity contribution is 6.00. The summed E-state index contributed by atoms with van der Waals surface area (Å²) in [4.78, 5) is 18.8. The summed E-state index contributed by atoms with van der Waals surface area (Å²) < 4.78 is 28.5. The zero-order valence-electron chi connectivity index (χ0n) is 21.1. The summed E-state index contributed by atoms with van der Waals surface area (Å²) in [5.74, 6) is 0.767. The SMILES string of the molecule is CC(C)(C)OC(=O)N1CCC[C@H]1Cn1nc(-c2ccc(Oc3ccccc3)cc2F)c2c(N)nccc21. The van der Waals surface area contributed by atoms with Gasteiger partial charge in [0.1, 0.15) is 34.4 Å². The number of pyridine rings is 1. The first kappa shape index (κ1) is 24.5. The number of nitrogen functional groups attached to an aromatic ring is 1. The molecule has 1 fully saturated rings. The van der Waals surface area contributed by atoms with Crippen LogP contribution < -0.4 is 10.5 Å². The van der Waals surface area contributed by atoms with Crippen LogP contribution in [0, 0.1) is 5.82 Å². The molecule has 0 aliphatic carbocycles. The summed E-state index contributed by atoms with van der Waals surface area (Å²) in [6.45, 7) is 6.60. The van der Waals surface area contributed by atoms with Crippen molar-refractivity contribution in [2.75, 3.05) is 12.3 Å². The van der Waals surface area contributed by atoms with E-state index in [-0.39, 0.29) is 18.0 Å². The molecule has 1 aliphatic rings. The maximum atomic E-state index is 15.4. The Morgan fingerprint density at radius 2 is 1.92 bits per heavy atom. The van der Waals surface area contributed by atoms with Crippen LogP contribution in [0.3, 0.4) is 0 Å². The quantitative estimate of drug-likeness (QED) is 0.358. The van der Waals surface area contributed by atoms with Gasteiger partial charge in [-0.1, -0.05) is 18.2 Å². The van der Waals surface area contributed by atoms with Gasteiger partial charge in [0.25, 0.3) is 0 Å². The maximum Gasteiger partial charge on any atom is 0.410 e. The van der Waals surface area contributed by atoms with E-state index in [1.165, 1.54) is 6.07 Å². The molecule has 2 aromatic heterocycles. The third kappa shape index (κ3) is 5.21. The molecule has 1 atom stereocenters. The van der Waals surface area contributed by atoms with Gasteiger partial charge in [-0.15, -0.1) is 0 Å². The minimum atomic E-state index is -0.580. The lowest BCUT2D eigenvalue weighted by Gasteiger charge is -2.28. The van der Waals surface area contributed by atoms with E-state index in [2.05, 4.69) is 4.98 Å². The number of amides is 1. The van der Waals surface area contributed by atoms with Gasteiger partial charge in [0.15, 0.2) is 0 Å². The number of ether oxygens (including phenoxy) is 2. The summed E-state index contributed by atoms with van der Waals surface area (Å²) >= 11 is 0. The molecule has 2 N–H and O–H groups in total. The zero-order chi connectivity index (χ0) is 26.2. The highest BCUT2D eigenvalue weighted by atomic mass is 19.1. The van der Waals surface area contributed by atoms with E-state index in [0.29, 0.717) is 41.2 Å². The lowest BCUT2D eigenvalue weighted by Crippen LogP contribution is -2.41. The molecule has 9 heteroatoms. The third-order valence-corrected chi connectivity index (χ3v) is 6.26. The summed E-state index contributed by atoms with van der Waals surface area (Å²) in [7, 11) is 0. The van der Waals surface area contributed by atoms with Crippen molar-refractivity contribution in [3.05, 3.63) is 66.6 Å². The lowest BCUT2D eigenvalue weighted by molar-refractivity contribution is 0.0212. The molecule has 0 saturated carbocycles. The van der Waals surface area contributed by atoms with Crippen molar-refractivity contribution in [3.8, 4) is 22.8 Å². The Labute approximate surface area is 214 Å². The fraction of sp³-hybridized carbons (Fsp3) is 0.321. The number of halogens is 1. The van der Waals surface area contributed by atoms with Crippen molar-refractivity contribution in [1.82, 2.24) is 19.7 Å². The molecule has 1 aliphatic heterocycles. The standard InChI is InChI=1S/C28H30FN5O3/c1-28(2,3)37-27(35)33-15-7-8-18(33)17-34-23-13-14-31-26(30)24(23)25(32-34)21-12-11-20(16-22(21)29)36-19-9-5-4-6-10-19/h4-6,9-14,16,18H,7-8,15,17H2,1-3H3,(H2,30,31)/t18-/m0/s1. The third-order valence-electron chi connectivity index (χ3n) is 6.26. The first-order chi connectivity index (χ1) is 17.7. The maximum absolute atomic E-state index is 15.4. The van der Waals surface area contributed by atoms with E-state index >= 15 is 4.39 Å². The molecular weight excluding hydrogens is 473 g/mol. The fourth-order valence-electron chi connectivity index (χ4n) is 4.64. The Morgan fingerprint density at radius 1 is 1.14 bits per heavy atom. The monoisotopic (exact) mass is 503 g/mol. The number of nitrogens with two attached hydrogens (primary N) is 1. The first-order valence-electron chi connectivity index (χ1n) is 12.3. The van der Waals surface area contributed by atoms with Crippen LogP contribution >= 0.6 is 0 Å². The molecule has 0 spiro atoms. The average Bonchev–Trinajstić information content (AvgIpc) is 3.45. The number of hydrogen-bond donors (Lipinski definition) is 1. The van der Waals surface area contributed by atoms with Crippen LogP contribution in [-0.4, -0.2) is 43.9 Å². The summed E-state index contributed by atoms with van der Waals surface area (Å²) in [6, 6.07) is 15.6. The van der Waals surface area contributed by atoms with Crippen LogP contribution in [0.5, 0.6) is 11.5 Å². The predicted octanol–water partition coefficient (Wildman–Crippen LogP) is 6.01. The van der Waals surface area contributed by atoms with Gasteiger partial charge in [-0.3, -0.25) is 4.68 Å². The number of rotatable bonds is 5. The van der Waals surface area contributed by atoms with Gasteiger partial charge in [-0.25, -0.2) is 14.2 Å². The summed E-state index contributed by atoms with van der Waals surface area (Å²) in [6.07, 6.45) is 2.95. The molecule has 5 rings (SSSR count). The van der Waals surface area contributed by atoms with Gasteiger partial charge in [0, 0.05) is 24.4 Å². The molecular formula is C28H30FN5O3. The molecule has 4 aromatic rings. The second-order valence-electron chi connectivity index (χ2n) is 10.1. The van der Waals surface area contributed by atoms with Crippen LogP contribution in [-0.2, 0) is 11.3 Å². The number of hydrogen-bond acceptors (Lipinski definition) is 6. The van der Waals surface area contributed by atoms with Gasteiger partial charge >= 0.3 is 6.09 Å². The van der Waals surface area contributed by atoms with Gasteiger partial charge in [0.2, 0.25) is 0 Å². The molecule has 3 heterocycles. The topological polar surface area (TPSA) is 95.5 Å². The van der Waals surface area contributed by atoms with Crippen LogP contribution in [0.1, 0.15) is 33.6 Å². The second-order valence-corrected chi connectivity index (χ2v) is 10.1. The van der Waals surface area contributed by atoms with Crippen LogP contribution in [0.4, 0.5) is 15.0 Å². The number of likely N-dealkylation sites (tertiary alicyclic amines) is 1. The molecule has 0 bridgehead atoms. The predicted molar refractivity (Wildman–Crippen MR) is 140 cm³/mol. The Kier molecular flexibility index (Phi) is 6.45. The molecule has 1 saturated heterocycles. The Bertz CT molecular complexity index is 1430. The van der Waals surface area contributed by atoms with Crippen molar-refractivity contribution >= 4 is 22.8 Å². The van der Waals surface area contributed by atoms with Crippen molar-refractivity contribution in [1.29, 1.82) is 0 Å². The van der Waals surface area contributed by atoms with E-state index in [0.717, 1.165) is 18.4 Å². The van der Waals surface area contributed by atoms with Crippen LogP contribution in [0.15, 0.2) is 60.8 Å². The van der Waals surface area contributed by atoms with Gasteiger partial charge in [0.05, 0.1) is 23.5 Å². The highest BCUT2D eigenvalue weighted by Gasteiger charge is 2.33. The second kappa shape index (κ2) is 9.72. The Balaban J connectivity index is 1.47. The number of para-hydroxylation sites is 1. The number of anilines is 1. The molecule has 2 aromatic carbocycles. The molecule has 0 radical (unpaired) electrons. The number of benzene rings is 2. The van der Waals surface area contributed by atoms with E-state index in [4.69, 9.17) is 20.3 Å². The van der Waals surface area contributed by atoms with Crippen molar-refractivity contribution in [2.45, 2.75) is 51.8 Å². The number of nitrogens with zero attached hydrogens (tertiary/aromatic N) is 4. The smallest absolute Gasteiger partial charge is 0.410 e. The van der Waals surface area contributed by atoms with E-state index in [9.17, 15) is 4.79 Å². The van der Waals surface area contributed by atoms with Gasteiger partial charge in [-0.05, 0) is 63.9 Å².